The summed E-state index contributed by atoms with van der Waals surface area (Å²) in [6.07, 6.45) is -0.0793. The number of amides is 1. The summed E-state index contributed by atoms with van der Waals surface area (Å²) < 4.78 is 0. The van der Waals surface area contributed by atoms with Gasteiger partial charge in [0.05, 0.1) is 23.7 Å². The summed E-state index contributed by atoms with van der Waals surface area (Å²) in [5.74, 6) is -15.0. The summed E-state index contributed by atoms with van der Waals surface area (Å²) in [5.41, 5.74) is 7.54. The smallest absolute Gasteiger partial charge is 0.326 e. The summed E-state index contributed by atoms with van der Waals surface area (Å²) in [7, 11) is 8.25. The lowest BCUT2D eigenvalue weighted by molar-refractivity contribution is -0.156. The number of carbonyl (C=O) groups excluding carboxylic acids is 2. The third kappa shape index (κ3) is 9.26. The highest BCUT2D eigenvalue weighted by molar-refractivity contribution is 8.77. The number of benzene rings is 7. The number of hydrogen-bond donors (Lipinski definition) is 6. The quantitative estimate of drug-likeness (QED) is 0.0522. The molecule has 0 aromatic heterocycles. The molecular formula is C59H41NO12S6. The van der Waals surface area contributed by atoms with E-state index in [-0.39, 0.29) is 17.8 Å². The van der Waals surface area contributed by atoms with Crippen LogP contribution in [-0.4, -0.2) is 73.1 Å². The molecule has 13 aliphatic rings. The molecule has 13 nitrogen and oxygen atoms in total. The molecule has 7 heterocycles. The van der Waals surface area contributed by atoms with E-state index in [2.05, 4.69) is 5.32 Å². The van der Waals surface area contributed by atoms with Crippen LogP contribution >= 0.6 is 64.8 Å². The maximum Gasteiger partial charge on any atom is 0.326 e. The van der Waals surface area contributed by atoms with Gasteiger partial charge < -0.3 is 30.8 Å². The van der Waals surface area contributed by atoms with Crippen molar-refractivity contribution in [1.29, 1.82) is 0 Å². The number of fused-ring (bicyclic) bond motifs is 2. The number of rotatable bonds is 11. The first kappa shape index (κ1) is 51.9. The number of aliphatic carboxylic acids is 5. The average molecular weight is 1150 g/mol. The number of carboxylic acid groups (broad SMARTS) is 5. The van der Waals surface area contributed by atoms with Crippen molar-refractivity contribution >= 4 is 106 Å². The fraction of sp³-hybridized carbons (Fsp3) is 0.169. The standard InChI is InChI=1S/C59H41NO12S6/c61-53(27-4-2-1-3-5-27)28-8-6-26(7-9-28)18-44(55(63)64)60-54(62)29-19-34-21-35(20-29)78-76-33-13-17-39-43(25-33)48-37-15-11-31(23-41(37)46(39)50(57(67)68)52(48)59(71)72)74-73-30-10-14-36-40(22-30)45-38-16-12-32(75-77-34)24-42(38)47(36)51(58(69)70)49(45)56(65)66/h1-17,19-25,44-52H,18H2,(H,60,62)(H,63,64)(H,65,66)(H,67,68)(H,69,70)(H,71,72). The van der Waals surface area contributed by atoms with Crippen molar-refractivity contribution in [3.05, 3.63) is 212 Å². The number of ketones is 1. The van der Waals surface area contributed by atoms with Gasteiger partial charge in [-0.15, -0.1) is 0 Å². The van der Waals surface area contributed by atoms with Crippen LogP contribution in [0, 0.1) is 23.7 Å². The topological polar surface area (TPSA) is 233 Å². The summed E-state index contributed by atoms with van der Waals surface area (Å²) in [5, 5.41) is 56.0. The first-order valence-electron chi connectivity index (χ1n) is 24.5. The number of carboxylic acids is 5. The highest BCUT2D eigenvalue weighted by atomic mass is 33.1. The van der Waals surface area contributed by atoms with E-state index in [4.69, 9.17) is 0 Å². The second-order valence-electron chi connectivity index (χ2n) is 19.7. The normalized spacial score (nSPS) is 22.4. The molecule has 6 aliphatic carbocycles. The van der Waals surface area contributed by atoms with Gasteiger partial charge in [0.2, 0.25) is 0 Å². The Morgan fingerprint density at radius 3 is 1.06 bits per heavy atom. The Morgan fingerprint density at radius 1 is 0.372 bits per heavy atom. The van der Waals surface area contributed by atoms with Crippen LogP contribution in [0.5, 0.6) is 0 Å². The molecule has 20 rings (SSSR count). The van der Waals surface area contributed by atoms with Gasteiger partial charge in [0.1, 0.15) is 6.04 Å². The van der Waals surface area contributed by atoms with Gasteiger partial charge in [-0.2, -0.15) is 0 Å². The SMILES string of the molecule is O=C(NC(Cc1ccc(C(=O)c2ccccc2)cc1)C(=O)O)c1cc2cc(c1)SSc1ccc3c(c1)C1c4ccc(cc4C3C(C(=O)O)C1C(=O)O)SSc1ccc3c(c1)C1c4ccc(cc4C3C(C(=O)O)C1C(=O)O)SS2. The molecule has 9 atom stereocenters. The average Bonchev–Trinajstić information content (AvgIpc) is 2.88. The van der Waals surface area contributed by atoms with Crippen LogP contribution in [0.15, 0.2) is 175 Å². The maximum absolute atomic E-state index is 14.3. The Morgan fingerprint density at radius 2 is 0.718 bits per heavy atom. The first-order chi connectivity index (χ1) is 37.6. The highest BCUT2D eigenvalue weighted by Gasteiger charge is 2.57. The highest BCUT2D eigenvalue weighted by Crippen LogP contribution is 2.62. The number of hydrogen-bond acceptors (Lipinski definition) is 13. The summed E-state index contributed by atoms with van der Waals surface area (Å²) in [6, 6.07) is 42.0. The molecule has 78 heavy (non-hydrogen) atoms. The zero-order chi connectivity index (χ0) is 54.3. The third-order valence-electron chi connectivity index (χ3n) is 15.4. The van der Waals surface area contributed by atoms with E-state index in [9.17, 15) is 59.1 Å². The number of nitrogens with one attached hydrogen (secondary N) is 1. The van der Waals surface area contributed by atoms with E-state index in [1.54, 1.807) is 60.7 Å². The fourth-order valence-corrected chi connectivity index (χ4v) is 18.3. The van der Waals surface area contributed by atoms with E-state index in [1.165, 1.54) is 64.8 Å². The van der Waals surface area contributed by atoms with Crippen LogP contribution in [0.4, 0.5) is 0 Å². The van der Waals surface area contributed by atoms with Gasteiger partial charge in [-0.1, -0.05) is 144 Å². The van der Waals surface area contributed by atoms with Gasteiger partial charge in [-0.3, -0.25) is 28.8 Å². The molecule has 0 radical (unpaired) electrons. The third-order valence-corrected chi connectivity index (χ3v) is 22.5. The van der Waals surface area contributed by atoms with Gasteiger partial charge in [0.15, 0.2) is 5.78 Å². The van der Waals surface area contributed by atoms with Gasteiger partial charge in [0.25, 0.3) is 5.91 Å². The Kier molecular flexibility index (Phi) is 13.8. The summed E-state index contributed by atoms with van der Waals surface area (Å²) >= 11 is 0. The number of carbonyl (C=O) groups is 7. The van der Waals surface area contributed by atoms with Crippen molar-refractivity contribution in [3.63, 3.8) is 0 Å². The maximum atomic E-state index is 14.3. The Bertz CT molecular complexity index is 3550. The zero-order valence-electron chi connectivity index (χ0n) is 40.3. The van der Waals surface area contributed by atoms with Gasteiger partial charge in [-0.25, -0.2) is 4.79 Å². The van der Waals surface area contributed by atoms with Crippen LogP contribution in [-0.2, 0) is 30.4 Å². The minimum Gasteiger partial charge on any atom is -0.481 e. The molecule has 0 saturated carbocycles. The fourth-order valence-electron chi connectivity index (χ4n) is 12.2. The molecule has 390 valence electrons. The molecule has 0 saturated heterocycles. The van der Waals surface area contributed by atoms with Crippen molar-refractivity contribution in [2.45, 2.75) is 65.5 Å². The first-order valence-corrected chi connectivity index (χ1v) is 30.9. The van der Waals surface area contributed by atoms with Crippen LogP contribution < -0.4 is 5.32 Å². The van der Waals surface area contributed by atoms with Crippen molar-refractivity contribution in [1.82, 2.24) is 5.32 Å². The van der Waals surface area contributed by atoms with E-state index in [0.29, 0.717) is 26.5 Å². The lowest BCUT2D eigenvalue weighted by Crippen LogP contribution is -2.47. The molecule has 0 fully saturated rings. The van der Waals surface area contributed by atoms with E-state index in [1.807, 2.05) is 84.9 Å². The summed E-state index contributed by atoms with van der Waals surface area (Å²) in [6.45, 7) is 0. The molecule has 7 aromatic rings. The lowest BCUT2D eigenvalue weighted by atomic mass is 9.54. The predicted octanol–water partition coefficient (Wildman–Crippen LogP) is 12.0. The predicted molar refractivity (Wildman–Crippen MR) is 298 cm³/mol. The van der Waals surface area contributed by atoms with E-state index >= 15 is 0 Å². The molecule has 19 heteroatoms. The Balaban J connectivity index is 0.922. The van der Waals surface area contributed by atoms with Crippen molar-refractivity contribution in [2.24, 2.45) is 23.7 Å². The molecule has 7 aromatic carbocycles. The van der Waals surface area contributed by atoms with Crippen molar-refractivity contribution in [2.75, 3.05) is 0 Å². The molecule has 1 amide bonds. The second kappa shape index (κ2) is 20.7. The molecular weight excluding hydrogens is 1110 g/mol. The zero-order valence-corrected chi connectivity index (χ0v) is 45.2. The van der Waals surface area contributed by atoms with Crippen molar-refractivity contribution < 1.29 is 59.1 Å². The molecule has 7 aliphatic heterocycles. The molecule has 18 bridgehead atoms. The van der Waals surface area contributed by atoms with E-state index in [0.717, 1.165) is 64.1 Å². The van der Waals surface area contributed by atoms with Crippen LogP contribution in [0.3, 0.4) is 0 Å². The van der Waals surface area contributed by atoms with Gasteiger partial charge >= 0.3 is 29.8 Å². The van der Waals surface area contributed by atoms with Crippen LogP contribution in [0.1, 0.15) is 100 Å². The second-order valence-corrected chi connectivity index (χ2v) is 26.5. The molecule has 9 unspecified atom stereocenters. The summed E-state index contributed by atoms with van der Waals surface area (Å²) in [4.78, 5) is 97.0. The molecule has 6 N–H and O–H groups in total. The minimum atomic E-state index is -1.35. The largest absolute Gasteiger partial charge is 0.481 e. The minimum absolute atomic E-state index is 0.0793. The van der Waals surface area contributed by atoms with E-state index < -0.39 is 89.1 Å². The van der Waals surface area contributed by atoms with Crippen LogP contribution in [0.2, 0.25) is 0 Å². The van der Waals surface area contributed by atoms with Gasteiger partial charge in [-0.05, 0) is 117 Å². The monoisotopic (exact) mass is 1150 g/mol. The lowest BCUT2D eigenvalue weighted by Gasteiger charge is -2.47. The Hall–Kier alpha value is -6.87. The van der Waals surface area contributed by atoms with Gasteiger partial charge in [0, 0.05) is 76.2 Å². The molecule has 0 spiro atoms. The Labute approximate surface area is 469 Å². The van der Waals surface area contributed by atoms with Crippen LogP contribution in [0.25, 0.3) is 0 Å². The van der Waals surface area contributed by atoms with Crippen molar-refractivity contribution in [3.8, 4) is 0 Å².